The molecule has 1 aliphatic rings. The van der Waals surface area contributed by atoms with Gasteiger partial charge in [-0.2, -0.15) is 0 Å². The molecule has 6 heteroatoms. The molecule has 2 N–H and O–H groups in total. The first-order valence-electron chi connectivity index (χ1n) is 6.53. The predicted octanol–water partition coefficient (Wildman–Crippen LogP) is 2.12. The maximum atomic E-state index is 5.90. The molecule has 1 aliphatic heterocycles. The summed E-state index contributed by atoms with van der Waals surface area (Å²) in [4.78, 5) is 8.35. The van der Waals surface area contributed by atoms with Gasteiger partial charge in [0.1, 0.15) is 0 Å². The van der Waals surface area contributed by atoms with Crippen LogP contribution in [0.4, 0.5) is 0 Å². The van der Waals surface area contributed by atoms with Crippen LogP contribution in [-0.4, -0.2) is 42.2 Å². The second kappa shape index (κ2) is 7.55. The minimum atomic E-state index is 0. The number of aromatic nitrogens is 1. The van der Waals surface area contributed by atoms with E-state index in [-0.39, 0.29) is 12.4 Å². The van der Waals surface area contributed by atoms with Crippen molar-refractivity contribution in [1.82, 2.24) is 9.88 Å². The molecular formula is C13H24ClN3OS. The van der Waals surface area contributed by atoms with Crippen LogP contribution < -0.4 is 5.73 Å². The van der Waals surface area contributed by atoms with E-state index in [1.807, 2.05) is 0 Å². The predicted molar refractivity (Wildman–Crippen MR) is 82.1 cm³/mol. The van der Waals surface area contributed by atoms with Crippen LogP contribution in [0.1, 0.15) is 28.4 Å². The number of methoxy groups -OCH3 is 1. The molecule has 1 aromatic heterocycles. The summed E-state index contributed by atoms with van der Waals surface area (Å²) in [5.41, 5.74) is 7.07. The van der Waals surface area contributed by atoms with Crippen molar-refractivity contribution in [2.24, 2.45) is 5.73 Å². The summed E-state index contributed by atoms with van der Waals surface area (Å²) in [7, 11) is 1.80. The molecule has 0 amide bonds. The Hall–Kier alpha value is -0.200. The van der Waals surface area contributed by atoms with Gasteiger partial charge in [-0.3, -0.25) is 4.90 Å². The Bertz CT molecular complexity index is 399. The highest BCUT2D eigenvalue weighted by Gasteiger charge is 2.28. The van der Waals surface area contributed by atoms with Gasteiger partial charge >= 0.3 is 0 Å². The quantitative estimate of drug-likeness (QED) is 0.926. The first-order chi connectivity index (χ1) is 8.63. The Kier molecular flexibility index (Phi) is 6.69. The van der Waals surface area contributed by atoms with Crippen molar-refractivity contribution in [1.29, 1.82) is 0 Å². The van der Waals surface area contributed by atoms with Gasteiger partial charge in [0, 0.05) is 37.7 Å². The molecule has 4 nitrogen and oxygen atoms in total. The van der Waals surface area contributed by atoms with Gasteiger partial charge in [-0.25, -0.2) is 4.98 Å². The summed E-state index contributed by atoms with van der Waals surface area (Å²) in [6, 6.07) is 0.436. The normalized spacial score (nSPS) is 24.2. The number of halogens is 1. The van der Waals surface area contributed by atoms with Crippen molar-refractivity contribution in [3.05, 3.63) is 15.6 Å². The van der Waals surface area contributed by atoms with E-state index in [0.717, 1.165) is 30.9 Å². The van der Waals surface area contributed by atoms with Crippen LogP contribution in [0.15, 0.2) is 0 Å². The summed E-state index contributed by atoms with van der Waals surface area (Å²) in [5.74, 6) is 0. The molecule has 1 saturated heterocycles. The van der Waals surface area contributed by atoms with Crippen molar-refractivity contribution in [3.8, 4) is 0 Å². The van der Waals surface area contributed by atoms with E-state index in [2.05, 4.69) is 23.7 Å². The number of nitrogens with two attached hydrogens (primary N) is 1. The first kappa shape index (κ1) is 16.9. The average molecular weight is 306 g/mol. The third-order valence-electron chi connectivity index (χ3n) is 3.74. The third-order valence-corrected chi connectivity index (χ3v) is 4.80. The number of hydrogen-bond acceptors (Lipinski definition) is 5. The Morgan fingerprint density at radius 1 is 1.47 bits per heavy atom. The van der Waals surface area contributed by atoms with Crippen molar-refractivity contribution >= 4 is 23.7 Å². The SMILES string of the molecule is COC1CCN(Cc2sc(C)nc2C)C(CN)C1.Cl. The van der Waals surface area contributed by atoms with Gasteiger partial charge < -0.3 is 10.5 Å². The molecule has 110 valence electrons. The Morgan fingerprint density at radius 3 is 2.74 bits per heavy atom. The molecule has 0 spiro atoms. The zero-order chi connectivity index (χ0) is 13.1. The van der Waals surface area contributed by atoms with Gasteiger partial charge in [-0.15, -0.1) is 23.7 Å². The Balaban J connectivity index is 0.00000180. The van der Waals surface area contributed by atoms with E-state index in [4.69, 9.17) is 10.5 Å². The fourth-order valence-corrected chi connectivity index (χ4v) is 3.60. The number of piperidine rings is 1. The Morgan fingerprint density at radius 2 is 2.21 bits per heavy atom. The second-order valence-corrected chi connectivity index (χ2v) is 6.27. The number of hydrogen-bond donors (Lipinski definition) is 1. The van der Waals surface area contributed by atoms with Crippen LogP contribution >= 0.6 is 23.7 Å². The summed E-state index contributed by atoms with van der Waals surface area (Å²) < 4.78 is 5.46. The van der Waals surface area contributed by atoms with E-state index >= 15 is 0 Å². The fourth-order valence-electron chi connectivity index (χ4n) is 2.63. The second-order valence-electron chi connectivity index (χ2n) is 4.98. The fraction of sp³-hybridized carbons (Fsp3) is 0.769. The van der Waals surface area contributed by atoms with E-state index in [1.165, 1.54) is 10.6 Å². The molecule has 1 aromatic rings. The topological polar surface area (TPSA) is 51.4 Å². The van der Waals surface area contributed by atoms with Gasteiger partial charge in [0.2, 0.25) is 0 Å². The van der Waals surface area contributed by atoms with Gasteiger partial charge in [0.05, 0.1) is 16.8 Å². The molecule has 2 heterocycles. The average Bonchev–Trinajstić information content (AvgIpc) is 2.68. The van der Waals surface area contributed by atoms with Crippen LogP contribution in [0.2, 0.25) is 0 Å². The molecule has 0 aliphatic carbocycles. The lowest BCUT2D eigenvalue weighted by molar-refractivity contribution is 0.0105. The highest BCUT2D eigenvalue weighted by molar-refractivity contribution is 7.11. The number of thiazole rings is 1. The maximum absolute atomic E-state index is 5.90. The van der Waals surface area contributed by atoms with E-state index in [0.29, 0.717) is 18.7 Å². The highest BCUT2D eigenvalue weighted by atomic mass is 35.5. The van der Waals surface area contributed by atoms with Crippen molar-refractivity contribution in [2.75, 3.05) is 20.2 Å². The highest BCUT2D eigenvalue weighted by Crippen LogP contribution is 2.25. The molecule has 2 atom stereocenters. The summed E-state index contributed by atoms with van der Waals surface area (Å²) in [6.07, 6.45) is 2.52. The molecule has 0 bridgehead atoms. The van der Waals surface area contributed by atoms with Gasteiger partial charge in [-0.1, -0.05) is 0 Å². The molecule has 2 unspecified atom stereocenters. The van der Waals surface area contributed by atoms with E-state index in [1.54, 1.807) is 18.4 Å². The Labute approximate surface area is 125 Å². The molecule has 0 saturated carbocycles. The third kappa shape index (κ3) is 4.13. The lowest BCUT2D eigenvalue weighted by Crippen LogP contribution is -2.47. The number of aryl methyl sites for hydroxylation is 2. The van der Waals surface area contributed by atoms with Gasteiger partial charge in [-0.05, 0) is 26.7 Å². The lowest BCUT2D eigenvalue weighted by Gasteiger charge is -2.38. The standard InChI is InChI=1S/C13H23N3OS.ClH/c1-9-13(18-10(2)15-9)8-16-5-4-12(17-3)6-11(16)7-14;/h11-12H,4-8,14H2,1-3H3;1H. The zero-order valence-electron chi connectivity index (χ0n) is 11.9. The zero-order valence-corrected chi connectivity index (χ0v) is 13.5. The lowest BCUT2D eigenvalue weighted by atomic mass is 9.99. The largest absolute Gasteiger partial charge is 0.381 e. The number of rotatable bonds is 4. The summed E-state index contributed by atoms with van der Waals surface area (Å²) in [5, 5.41) is 1.15. The molecular weight excluding hydrogens is 282 g/mol. The van der Waals surface area contributed by atoms with Crippen LogP contribution in [0.25, 0.3) is 0 Å². The van der Waals surface area contributed by atoms with Crippen molar-refractivity contribution in [2.45, 2.75) is 45.4 Å². The minimum Gasteiger partial charge on any atom is -0.381 e. The summed E-state index contributed by atoms with van der Waals surface area (Å²) in [6.45, 7) is 6.92. The number of likely N-dealkylation sites (tertiary alicyclic amines) is 1. The minimum absolute atomic E-state index is 0. The maximum Gasteiger partial charge on any atom is 0.0900 e. The number of ether oxygens (including phenoxy) is 1. The van der Waals surface area contributed by atoms with Crippen LogP contribution in [0.3, 0.4) is 0 Å². The van der Waals surface area contributed by atoms with Crippen molar-refractivity contribution < 1.29 is 4.74 Å². The van der Waals surface area contributed by atoms with E-state index < -0.39 is 0 Å². The van der Waals surface area contributed by atoms with E-state index in [9.17, 15) is 0 Å². The number of nitrogens with zero attached hydrogens (tertiary/aromatic N) is 2. The first-order valence-corrected chi connectivity index (χ1v) is 7.35. The summed E-state index contributed by atoms with van der Waals surface area (Å²) >= 11 is 1.80. The van der Waals surface area contributed by atoms with Gasteiger partial charge in [0.15, 0.2) is 0 Å². The molecule has 0 aromatic carbocycles. The monoisotopic (exact) mass is 305 g/mol. The molecule has 1 fully saturated rings. The van der Waals surface area contributed by atoms with Crippen LogP contribution in [0.5, 0.6) is 0 Å². The smallest absolute Gasteiger partial charge is 0.0900 e. The van der Waals surface area contributed by atoms with Crippen LogP contribution in [-0.2, 0) is 11.3 Å². The van der Waals surface area contributed by atoms with Crippen molar-refractivity contribution in [3.63, 3.8) is 0 Å². The molecule has 2 rings (SSSR count). The molecule has 0 radical (unpaired) electrons. The van der Waals surface area contributed by atoms with Gasteiger partial charge in [0.25, 0.3) is 0 Å². The van der Waals surface area contributed by atoms with Crippen LogP contribution in [0, 0.1) is 13.8 Å². The molecule has 19 heavy (non-hydrogen) atoms.